The molecule has 0 bridgehead atoms. The van der Waals surface area contributed by atoms with Gasteiger partial charge in [-0.3, -0.25) is 0 Å². The van der Waals surface area contributed by atoms with Gasteiger partial charge in [-0.15, -0.1) is 0 Å². The Morgan fingerprint density at radius 2 is 1.69 bits per heavy atom. The van der Waals surface area contributed by atoms with Crippen LogP contribution in [0.25, 0.3) is 6.08 Å². The number of rotatable bonds is 7. The molecular formula is C33H49NO2. The van der Waals surface area contributed by atoms with Crippen LogP contribution >= 0.6 is 0 Å². The van der Waals surface area contributed by atoms with Crippen molar-refractivity contribution in [3.8, 4) is 0 Å². The Morgan fingerprint density at radius 1 is 0.972 bits per heavy atom. The van der Waals surface area contributed by atoms with Gasteiger partial charge in [-0.25, -0.2) is 0 Å². The highest BCUT2D eigenvalue weighted by atomic mass is 16.3. The minimum Gasteiger partial charge on any atom is -0.393 e. The highest BCUT2D eigenvalue weighted by molar-refractivity contribution is 5.75. The van der Waals surface area contributed by atoms with Crippen molar-refractivity contribution in [3.05, 3.63) is 41.5 Å². The lowest BCUT2D eigenvalue weighted by molar-refractivity contribution is -0.144. The van der Waals surface area contributed by atoms with E-state index in [1.54, 1.807) is 6.08 Å². The van der Waals surface area contributed by atoms with Gasteiger partial charge in [-0.05, 0) is 142 Å². The summed E-state index contributed by atoms with van der Waals surface area (Å²) in [6.45, 7) is 7.26. The van der Waals surface area contributed by atoms with Crippen LogP contribution in [-0.2, 0) is 6.42 Å². The number of aliphatic hydroxyl groups excluding tert-OH is 1. The van der Waals surface area contributed by atoms with Crippen molar-refractivity contribution in [3.63, 3.8) is 0 Å². The molecule has 7 unspecified atom stereocenters. The zero-order valence-electron chi connectivity index (χ0n) is 22.9. The molecule has 0 saturated heterocycles. The Morgan fingerprint density at radius 3 is 2.44 bits per heavy atom. The number of nitrogens with one attached hydrogen (secondary N) is 1. The van der Waals surface area contributed by atoms with Crippen molar-refractivity contribution in [2.24, 2.45) is 40.4 Å². The number of aryl methyl sites for hydroxylation is 1. The monoisotopic (exact) mass is 491 g/mol. The number of fused-ring (bicyclic) bond motifs is 5. The molecule has 36 heavy (non-hydrogen) atoms. The third-order valence-electron chi connectivity index (χ3n) is 11.9. The van der Waals surface area contributed by atoms with Gasteiger partial charge in [0, 0.05) is 6.21 Å². The summed E-state index contributed by atoms with van der Waals surface area (Å²) in [4.78, 5) is 0. The molecule has 1 aromatic rings. The first-order valence-corrected chi connectivity index (χ1v) is 14.8. The molecule has 4 aliphatic carbocycles. The number of hydrogen-bond donors (Lipinski definition) is 3. The van der Waals surface area contributed by atoms with E-state index in [1.165, 1.54) is 56.7 Å². The molecule has 4 aliphatic rings. The largest absolute Gasteiger partial charge is 0.393 e. The number of hydrogen-bond acceptors (Lipinski definition) is 3. The number of allylic oxidation sites excluding steroid dienone is 1. The van der Waals surface area contributed by atoms with Crippen LogP contribution in [0.3, 0.4) is 0 Å². The molecule has 3 N–H and O–H groups in total. The van der Waals surface area contributed by atoms with Crippen LogP contribution in [0.5, 0.6) is 0 Å². The smallest absolute Gasteiger partial charge is 0.0653 e. The molecule has 5 rings (SSSR count). The minimum atomic E-state index is -0.598. The maximum absolute atomic E-state index is 11.8. The quantitative estimate of drug-likeness (QED) is 0.347. The second kappa shape index (κ2) is 10.0. The molecule has 3 nitrogen and oxygen atoms in total. The second-order valence-corrected chi connectivity index (χ2v) is 13.7. The van der Waals surface area contributed by atoms with Gasteiger partial charge >= 0.3 is 0 Å². The lowest BCUT2D eigenvalue weighted by atomic mass is 9.44. The van der Waals surface area contributed by atoms with E-state index in [-0.39, 0.29) is 11.5 Å². The Bertz CT molecular complexity index is 951. The molecule has 198 valence electrons. The third-order valence-corrected chi connectivity index (χ3v) is 11.9. The first-order chi connectivity index (χ1) is 17.2. The molecule has 0 spiro atoms. The highest BCUT2D eigenvalue weighted by Crippen LogP contribution is 2.68. The van der Waals surface area contributed by atoms with E-state index in [9.17, 15) is 10.2 Å². The summed E-state index contributed by atoms with van der Waals surface area (Å²) in [5, 5.41) is 29.3. The molecule has 3 heteroatoms. The number of benzene rings is 1. The van der Waals surface area contributed by atoms with Crippen molar-refractivity contribution in [1.29, 1.82) is 5.41 Å². The summed E-state index contributed by atoms with van der Waals surface area (Å²) in [5.41, 5.74) is 2.55. The molecule has 0 aromatic heterocycles. The number of aliphatic hydroxyl groups is 2. The standard InChI is InChI=1S/C33H49NO2/c1-31-19-16-26(35)22-25(31)12-13-27-28-14-15-30(32(28,2)20-17-29(27)31)33(3,36)18-4-6-23-8-10-24(11-9-23)7-5-21-34/h5,7-11,21,25-30,34-36H,4,6,12-20,22H2,1-3H3/b7-5+,34-21?/t25?,26?,27?,28?,29-,30?,31?,32?,33-/m0/s1. The van der Waals surface area contributed by atoms with Crippen LogP contribution in [-0.4, -0.2) is 28.1 Å². The van der Waals surface area contributed by atoms with Gasteiger partial charge in [-0.1, -0.05) is 44.2 Å². The normalized spacial score (nSPS) is 41.8. The second-order valence-electron chi connectivity index (χ2n) is 13.7. The fraction of sp³-hybridized carbons (Fsp3) is 0.727. The SMILES string of the molecule is CC12CC[C@H]3C(CCC4CC(O)CCC43C)C1CCC2[C@@](C)(O)CCCc1ccc(/C=C/C=N)cc1. The van der Waals surface area contributed by atoms with Crippen molar-refractivity contribution in [1.82, 2.24) is 0 Å². The molecule has 9 atom stereocenters. The van der Waals surface area contributed by atoms with Crippen LogP contribution in [0.1, 0.15) is 103 Å². The average Bonchev–Trinajstić information content (AvgIpc) is 3.22. The summed E-state index contributed by atoms with van der Waals surface area (Å²) in [7, 11) is 0. The lowest BCUT2D eigenvalue weighted by Gasteiger charge is -2.61. The fourth-order valence-electron chi connectivity index (χ4n) is 10.0. The molecule has 0 amide bonds. The molecule has 0 heterocycles. The molecule has 0 radical (unpaired) electrons. The van der Waals surface area contributed by atoms with Gasteiger partial charge in [0.2, 0.25) is 0 Å². The van der Waals surface area contributed by atoms with Gasteiger partial charge in [0.25, 0.3) is 0 Å². The van der Waals surface area contributed by atoms with Crippen molar-refractivity contribution < 1.29 is 10.2 Å². The van der Waals surface area contributed by atoms with E-state index < -0.39 is 5.60 Å². The van der Waals surface area contributed by atoms with Gasteiger partial charge < -0.3 is 15.6 Å². The van der Waals surface area contributed by atoms with E-state index in [4.69, 9.17) is 5.41 Å². The predicted molar refractivity (Wildman–Crippen MR) is 149 cm³/mol. The summed E-state index contributed by atoms with van der Waals surface area (Å²) < 4.78 is 0. The zero-order valence-corrected chi connectivity index (χ0v) is 22.9. The Balaban J connectivity index is 1.22. The fourth-order valence-corrected chi connectivity index (χ4v) is 10.0. The van der Waals surface area contributed by atoms with Crippen molar-refractivity contribution in [2.75, 3.05) is 0 Å². The van der Waals surface area contributed by atoms with Gasteiger partial charge in [0.1, 0.15) is 0 Å². The van der Waals surface area contributed by atoms with Gasteiger partial charge in [-0.2, -0.15) is 0 Å². The molecule has 0 aliphatic heterocycles. The Hall–Kier alpha value is -1.45. The molecular weight excluding hydrogens is 442 g/mol. The predicted octanol–water partition coefficient (Wildman–Crippen LogP) is 7.44. The van der Waals surface area contributed by atoms with E-state index in [2.05, 4.69) is 45.0 Å². The van der Waals surface area contributed by atoms with Crippen LogP contribution < -0.4 is 0 Å². The van der Waals surface area contributed by atoms with E-state index in [0.717, 1.165) is 55.4 Å². The summed E-state index contributed by atoms with van der Waals surface area (Å²) in [6.07, 6.45) is 18.8. The molecule has 4 fully saturated rings. The Labute approximate surface area is 219 Å². The van der Waals surface area contributed by atoms with Crippen LogP contribution in [0, 0.1) is 45.8 Å². The van der Waals surface area contributed by atoms with Crippen LogP contribution in [0.2, 0.25) is 0 Å². The van der Waals surface area contributed by atoms with Gasteiger partial charge in [0.15, 0.2) is 0 Å². The summed E-state index contributed by atoms with van der Waals surface area (Å²) >= 11 is 0. The van der Waals surface area contributed by atoms with E-state index in [0.29, 0.717) is 17.3 Å². The highest BCUT2D eigenvalue weighted by Gasteiger charge is 2.62. The van der Waals surface area contributed by atoms with Crippen LogP contribution in [0.15, 0.2) is 30.3 Å². The Kier molecular flexibility index (Phi) is 7.29. The van der Waals surface area contributed by atoms with E-state index >= 15 is 0 Å². The minimum absolute atomic E-state index is 0.0680. The summed E-state index contributed by atoms with van der Waals surface area (Å²) in [5.74, 6) is 3.53. The first-order valence-electron chi connectivity index (χ1n) is 14.8. The maximum atomic E-state index is 11.8. The third kappa shape index (κ3) is 4.64. The summed E-state index contributed by atoms with van der Waals surface area (Å²) in [6, 6.07) is 8.62. The van der Waals surface area contributed by atoms with Gasteiger partial charge in [0.05, 0.1) is 11.7 Å². The first kappa shape index (κ1) is 26.2. The van der Waals surface area contributed by atoms with Crippen molar-refractivity contribution >= 4 is 12.3 Å². The van der Waals surface area contributed by atoms with Crippen molar-refractivity contribution in [2.45, 2.75) is 110 Å². The topological polar surface area (TPSA) is 64.3 Å². The van der Waals surface area contributed by atoms with E-state index in [1.807, 2.05) is 6.08 Å². The molecule has 4 saturated carbocycles. The lowest BCUT2D eigenvalue weighted by Crippen LogP contribution is -2.55. The zero-order chi connectivity index (χ0) is 25.6. The van der Waals surface area contributed by atoms with Crippen LogP contribution in [0.4, 0.5) is 0 Å². The average molecular weight is 492 g/mol. The maximum Gasteiger partial charge on any atom is 0.0653 e. The molecule has 1 aromatic carbocycles.